The normalized spacial score (nSPS) is 12.2. The van der Waals surface area contributed by atoms with Gasteiger partial charge in [-0.25, -0.2) is 0 Å². The predicted octanol–water partition coefficient (Wildman–Crippen LogP) is 1.23. The summed E-state index contributed by atoms with van der Waals surface area (Å²) in [6.07, 6.45) is 1.39. The smallest absolute Gasteiger partial charge is 0.220 e. The molecule has 0 saturated heterocycles. The van der Waals surface area contributed by atoms with Crippen LogP contribution in [0.5, 0.6) is 0 Å². The molecule has 0 spiro atoms. The number of halogens is 1. The first-order valence-electron chi connectivity index (χ1n) is 4.40. The van der Waals surface area contributed by atoms with E-state index in [1.54, 1.807) is 0 Å². The van der Waals surface area contributed by atoms with Crippen molar-refractivity contribution in [3.63, 3.8) is 0 Å². The first kappa shape index (κ1) is 12.5. The molecule has 0 aromatic carbocycles. The van der Waals surface area contributed by atoms with Crippen LogP contribution in [-0.4, -0.2) is 19.0 Å². The van der Waals surface area contributed by atoms with E-state index in [9.17, 15) is 4.79 Å². The quantitative estimate of drug-likeness (QED) is 0.684. The molecule has 0 fully saturated rings. The van der Waals surface area contributed by atoms with E-state index in [0.29, 0.717) is 24.5 Å². The fraction of sp³-hybridized carbons (Fsp3) is 0.667. The second-order valence-corrected chi connectivity index (χ2v) is 3.54. The average molecular weight is 205 g/mol. The van der Waals surface area contributed by atoms with Crippen LogP contribution in [0.15, 0.2) is 11.6 Å². The lowest BCUT2D eigenvalue weighted by Gasteiger charge is -2.11. The Kier molecular flexibility index (Phi) is 6.63. The van der Waals surface area contributed by atoms with Crippen LogP contribution in [0.3, 0.4) is 0 Å². The Balaban J connectivity index is 3.66. The Morgan fingerprint density at radius 1 is 1.69 bits per heavy atom. The lowest BCUT2D eigenvalue weighted by atomic mass is 10.0. The summed E-state index contributed by atoms with van der Waals surface area (Å²) in [7, 11) is 0. The third-order valence-electron chi connectivity index (χ3n) is 1.86. The highest BCUT2D eigenvalue weighted by Gasteiger charge is 2.09. The van der Waals surface area contributed by atoms with Crippen LogP contribution in [0, 0.1) is 5.92 Å². The fourth-order valence-electron chi connectivity index (χ4n) is 0.923. The number of nitrogens with two attached hydrogens (primary N) is 1. The summed E-state index contributed by atoms with van der Waals surface area (Å²) in [5, 5.41) is 3.09. The zero-order valence-corrected chi connectivity index (χ0v) is 8.73. The number of amides is 1. The molecule has 0 saturated carbocycles. The standard InChI is InChI=1S/C9H17ClN2O/c1-3-8(5-11)4-9(13)12-6-7(2)10/h8H,2-6,11H2,1H3,(H,12,13). The molecule has 0 aliphatic heterocycles. The Labute approximate surface area is 84.3 Å². The summed E-state index contributed by atoms with van der Waals surface area (Å²) in [4.78, 5) is 11.2. The lowest BCUT2D eigenvalue weighted by Crippen LogP contribution is -2.28. The highest BCUT2D eigenvalue weighted by atomic mass is 35.5. The first-order chi connectivity index (χ1) is 6.10. The zero-order valence-electron chi connectivity index (χ0n) is 7.98. The molecule has 1 amide bonds. The highest BCUT2D eigenvalue weighted by Crippen LogP contribution is 2.05. The van der Waals surface area contributed by atoms with Gasteiger partial charge < -0.3 is 11.1 Å². The SMILES string of the molecule is C=C(Cl)CNC(=O)CC(CC)CN. The molecular formula is C9H17ClN2O. The van der Waals surface area contributed by atoms with Crippen molar-refractivity contribution in [2.45, 2.75) is 19.8 Å². The molecule has 0 aromatic heterocycles. The predicted molar refractivity (Wildman–Crippen MR) is 55.5 cm³/mol. The van der Waals surface area contributed by atoms with Gasteiger partial charge in [0.25, 0.3) is 0 Å². The Hall–Kier alpha value is -0.540. The molecule has 3 N–H and O–H groups in total. The van der Waals surface area contributed by atoms with Gasteiger partial charge in [-0.1, -0.05) is 31.5 Å². The van der Waals surface area contributed by atoms with Crippen molar-refractivity contribution >= 4 is 17.5 Å². The van der Waals surface area contributed by atoms with Crippen LogP contribution in [0.2, 0.25) is 0 Å². The summed E-state index contributed by atoms with van der Waals surface area (Å²) >= 11 is 5.49. The minimum atomic E-state index is -0.0147. The molecular weight excluding hydrogens is 188 g/mol. The van der Waals surface area contributed by atoms with Crippen LogP contribution < -0.4 is 11.1 Å². The average Bonchev–Trinajstić information content (AvgIpc) is 2.10. The maximum atomic E-state index is 11.2. The van der Waals surface area contributed by atoms with Gasteiger partial charge in [0.1, 0.15) is 0 Å². The molecule has 0 rings (SSSR count). The molecule has 0 heterocycles. The van der Waals surface area contributed by atoms with Gasteiger partial charge in [-0.3, -0.25) is 4.79 Å². The second-order valence-electron chi connectivity index (χ2n) is 3.01. The van der Waals surface area contributed by atoms with Crippen molar-refractivity contribution in [1.29, 1.82) is 0 Å². The van der Waals surface area contributed by atoms with Crippen LogP contribution in [-0.2, 0) is 4.79 Å². The summed E-state index contributed by atoms with van der Waals surface area (Å²) in [5.41, 5.74) is 5.46. The number of hydrogen-bond acceptors (Lipinski definition) is 2. The Morgan fingerprint density at radius 3 is 2.69 bits per heavy atom. The van der Waals surface area contributed by atoms with Crippen LogP contribution in [0.1, 0.15) is 19.8 Å². The largest absolute Gasteiger partial charge is 0.351 e. The van der Waals surface area contributed by atoms with Gasteiger partial charge in [0.05, 0.1) is 6.54 Å². The van der Waals surface area contributed by atoms with Gasteiger partial charge in [0, 0.05) is 11.5 Å². The van der Waals surface area contributed by atoms with E-state index in [4.69, 9.17) is 17.3 Å². The molecule has 0 aliphatic carbocycles. The molecule has 0 bridgehead atoms. The van der Waals surface area contributed by atoms with Crippen molar-refractivity contribution in [1.82, 2.24) is 5.32 Å². The summed E-state index contributed by atoms with van der Waals surface area (Å²) in [6.45, 7) is 6.37. The first-order valence-corrected chi connectivity index (χ1v) is 4.78. The number of hydrogen-bond donors (Lipinski definition) is 2. The summed E-state index contributed by atoms with van der Waals surface area (Å²) in [5.74, 6) is 0.252. The molecule has 76 valence electrons. The molecule has 1 atom stereocenters. The van der Waals surface area contributed by atoms with Crippen molar-refractivity contribution in [2.75, 3.05) is 13.1 Å². The van der Waals surface area contributed by atoms with Crippen LogP contribution >= 0.6 is 11.6 Å². The van der Waals surface area contributed by atoms with E-state index in [2.05, 4.69) is 11.9 Å². The lowest BCUT2D eigenvalue weighted by molar-refractivity contribution is -0.121. The van der Waals surface area contributed by atoms with E-state index in [0.717, 1.165) is 6.42 Å². The second kappa shape index (κ2) is 6.92. The van der Waals surface area contributed by atoms with Crippen LogP contribution in [0.25, 0.3) is 0 Å². The van der Waals surface area contributed by atoms with Gasteiger partial charge in [-0.2, -0.15) is 0 Å². The third kappa shape index (κ3) is 6.61. The van der Waals surface area contributed by atoms with E-state index >= 15 is 0 Å². The van der Waals surface area contributed by atoms with E-state index in [-0.39, 0.29) is 11.8 Å². The number of carbonyl (C=O) groups is 1. The van der Waals surface area contributed by atoms with Crippen molar-refractivity contribution in [3.8, 4) is 0 Å². The zero-order chi connectivity index (χ0) is 10.3. The molecule has 3 nitrogen and oxygen atoms in total. The third-order valence-corrected chi connectivity index (χ3v) is 2.00. The fourth-order valence-corrected chi connectivity index (χ4v) is 0.990. The van der Waals surface area contributed by atoms with Crippen LogP contribution in [0.4, 0.5) is 0 Å². The van der Waals surface area contributed by atoms with Gasteiger partial charge in [-0.15, -0.1) is 0 Å². The van der Waals surface area contributed by atoms with Crippen molar-refractivity contribution < 1.29 is 4.79 Å². The van der Waals surface area contributed by atoms with Gasteiger partial charge >= 0.3 is 0 Å². The van der Waals surface area contributed by atoms with Crippen molar-refractivity contribution in [2.24, 2.45) is 11.7 Å². The van der Waals surface area contributed by atoms with Gasteiger partial charge in [0.2, 0.25) is 5.91 Å². The van der Waals surface area contributed by atoms with Gasteiger partial charge in [-0.05, 0) is 12.5 Å². The maximum absolute atomic E-state index is 11.2. The minimum absolute atomic E-state index is 0.0147. The Morgan fingerprint density at radius 2 is 2.31 bits per heavy atom. The maximum Gasteiger partial charge on any atom is 0.220 e. The Bertz CT molecular complexity index is 178. The summed E-state index contributed by atoms with van der Waals surface area (Å²) in [6, 6.07) is 0. The molecule has 0 aromatic rings. The number of carbonyl (C=O) groups excluding carboxylic acids is 1. The van der Waals surface area contributed by atoms with E-state index in [1.165, 1.54) is 0 Å². The molecule has 0 radical (unpaired) electrons. The highest BCUT2D eigenvalue weighted by molar-refractivity contribution is 6.29. The monoisotopic (exact) mass is 204 g/mol. The molecule has 4 heteroatoms. The van der Waals surface area contributed by atoms with Crippen molar-refractivity contribution in [3.05, 3.63) is 11.6 Å². The topological polar surface area (TPSA) is 55.1 Å². The number of nitrogens with one attached hydrogen (secondary N) is 1. The van der Waals surface area contributed by atoms with E-state index in [1.807, 2.05) is 6.92 Å². The number of rotatable bonds is 6. The minimum Gasteiger partial charge on any atom is -0.351 e. The van der Waals surface area contributed by atoms with E-state index < -0.39 is 0 Å². The molecule has 1 unspecified atom stereocenters. The summed E-state index contributed by atoms with van der Waals surface area (Å²) < 4.78 is 0. The molecule has 13 heavy (non-hydrogen) atoms. The van der Waals surface area contributed by atoms with Gasteiger partial charge in [0.15, 0.2) is 0 Å². The molecule has 0 aliphatic rings.